The molecule has 0 saturated heterocycles. The van der Waals surface area contributed by atoms with E-state index in [-0.39, 0.29) is 0 Å². The molecule has 2 aromatic carbocycles. The van der Waals surface area contributed by atoms with E-state index >= 15 is 0 Å². The van der Waals surface area contributed by atoms with Crippen LogP contribution in [0, 0.1) is 6.92 Å². The fourth-order valence-electron chi connectivity index (χ4n) is 2.02. The molecule has 0 bridgehead atoms. The van der Waals surface area contributed by atoms with Crippen LogP contribution < -0.4 is 5.32 Å². The van der Waals surface area contributed by atoms with Crippen molar-refractivity contribution in [3.63, 3.8) is 0 Å². The molecule has 0 fully saturated rings. The van der Waals surface area contributed by atoms with Gasteiger partial charge in [0, 0.05) is 12.2 Å². The maximum atomic E-state index is 3.97. The van der Waals surface area contributed by atoms with Gasteiger partial charge in [-0.25, -0.2) is 0 Å². The topological polar surface area (TPSA) is 55.6 Å². The highest BCUT2D eigenvalue weighted by molar-refractivity contribution is 5.51. The molecule has 3 aromatic rings. The molecule has 1 aromatic heterocycles. The molecule has 0 aliphatic heterocycles. The van der Waals surface area contributed by atoms with Crippen molar-refractivity contribution in [2.75, 3.05) is 5.32 Å². The fraction of sp³-hybridized carbons (Fsp3) is 0.133. The number of tetrazole rings is 1. The van der Waals surface area contributed by atoms with Crippen molar-refractivity contribution in [3.8, 4) is 5.69 Å². The second kappa shape index (κ2) is 5.52. The predicted octanol–water partition coefficient (Wildman–Crippen LogP) is 2.58. The summed E-state index contributed by atoms with van der Waals surface area (Å²) >= 11 is 0. The third-order valence-electron chi connectivity index (χ3n) is 3.06. The van der Waals surface area contributed by atoms with Gasteiger partial charge < -0.3 is 5.32 Å². The highest BCUT2D eigenvalue weighted by atomic mass is 15.5. The van der Waals surface area contributed by atoms with E-state index in [9.17, 15) is 0 Å². The lowest BCUT2D eigenvalue weighted by Crippen LogP contribution is -2.02. The largest absolute Gasteiger partial charge is 0.381 e. The van der Waals surface area contributed by atoms with Crippen molar-refractivity contribution in [1.29, 1.82) is 0 Å². The van der Waals surface area contributed by atoms with Gasteiger partial charge in [-0.2, -0.15) is 4.68 Å². The molecule has 0 unspecified atom stereocenters. The van der Waals surface area contributed by atoms with Crippen molar-refractivity contribution in [3.05, 3.63) is 66.0 Å². The molecule has 5 nitrogen and oxygen atoms in total. The monoisotopic (exact) mass is 265 g/mol. The molecule has 0 radical (unpaired) electrons. The smallest absolute Gasteiger partial charge is 0.153 e. The number of nitrogens with one attached hydrogen (secondary N) is 1. The summed E-state index contributed by atoms with van der Waals surface area (Å²) in [5.41, 5.74) is 3.24. The highest BCUT2D eigenvalue weighted by Crippen LogP contribution is 2.15. The number of benzene rings is 2. The van der Waals surface area contributed by atoms with Crippen molar-refractivity contribution in [2.45, 2.75) is 13.5 Å². The average Bonchev–Trinajstić information content (AvgIpc) is 2.93. The van der Waals surface area contributed by atoms with Crippen LogP contribution in [0.4, 0.5) is 5.69 Å². The van der Waals surface area contributed by atoms with Crippen LogP contribution in [-0.4, -0.2) is 20.2 Å². The van der Waals surface area contributed by atoms with Crippen molar-refractivity contribution in [1.82, 2.24) is 20.2 Å². The Hall–Kier alpha value is -2.69. The number of rotatable bonds is 4. The first-order chi connectivity index (χ1) is 9.83. The van der Waals surface area contributed by atoms with E-state index in [4.69, 9.17) is 0 Å². The molecule has 0 spiro atoms. The van der Waals surface area contributed by atoms with Crippen LogP contribution in [0.5, 0.6) is 0 Å². The van der Waals surface area contributed by atoms with Crippen LogP contribution in [0.1, 0.15) is 11.4 Å². The Morgan fingerprint density at radius 1 is 1.05 bits per heavy atom. The number of nitrogens with zero attached hydrogens (tertiary/aromatic N) is 4. The third-order valence-corrected chi connectivity index (χ3v) is 3.06. The quantitative estimate of drug-likeness (QED) is 0.787. The zero-order valence-electron chi connectivity index (χ0n) is 11.2. The van der Waals surface area contributed by atoms with Crippen LogP contribution >= 0.6 is 0 Å². The minimum Gasteiger partial charge on any atom is -0.381 e. The number of aromatic nitrogens is 4. The van der Waals surface area contributed by atoms with Gasteiger partial charge in [-0.05, 0) is 41.1 Å². The van der Waals surface area contributed by atoms with Gasteiger partial charge in [0.15, 0.2) is 5.82 Å². The molecule has 5 heteroatoms. The average molecular weight is 265 g/mol. The third kappa shape index (κ3) is 2.66. The fourth-order valence-corrected chi connectivity index (χ4v) is 2.02. The zero-order valence-corrected chi connectivity index (χ0v) is 11.2. The van der Waals surface area contributed by atoms with E-state index in [0.29, 0.717) is 0 Å². The Morgan fingerprint density at radius 2 is 1.90 bits per heavy atom. The molecule has 0 aliphatic carbocycles. The molecule has 0 atom stereocenters. The summed E-state index contributed by atoms with van der Waals surface area (Å²) in [7, 11) is 0. The van der Waals surface area contributed by atoms with E-state index in [1.807, 2.05) is 49.4 Å². The summed E-state index contributed by atoms with van der Waals surface area (Å²) < 4.78 is 1.72. The van der Waals surface area contributed by atoms with Crippen LogP contribution in [-0.2, 0) is 6.54 Å². The van der Waals surface area contributed by atoms with Crippen LogP contribution in [0.15, 0.2) is 54.6 Å². The van der Waals surface area contributed by atoms with Gasteiger partial charge in [0.2, 0.25) is 0 Å². The van der Waals surface area contributed by atoms with Crippen LogP contribution in [0.3, 0.4) is 0 Å². The Balaban J connectivity index is 1.77. The van der Waals surface area contributed by atoms with Crippen molar-refractivity contribution >= 4 is 5.69 Å². The maximum Gasteiger partial charge on any atom is 0.153 e. The summed E-state index contributed by atoms with van der Waals surface area (Å²) in [5, 5.41) is 14.9. The molecular weight excluding hydrogens is 250 g/mol. The normalized spacial score (nSPS) is 10.4. The zero-order chi connectivity index (χ0) is 13.8. The second-order valence-corrected chi connectivity index (χ2v) is 4.53. The molecule has 1 N–H and O–H groups in total. The lowest BCUT2D eigenvalue weighted by Gasteiger charge is -2.08. The van der Waals surface area contributed by atoms with E-state index in [1.165, 1.54) is 5.56 Å². The van der Waals surface area contributed by atoms with Gasteiger partial charge >= 0.3 is 0 Å². The summed E-state index contributed by atoms with van der Waals surface area (Å²) in [4.78, 5) is 0. The Kier molecular flexibility index (Phi) is 3.41. The summed E-state index contributed by atoms with van der Waals surface area (Å²) in [6, 6.07) is 18.3. The minimum absolute atomic E-state index is 0.769. The number of hydrogen-bond acceptors (Lipinski definition) is 4. The predicted molar refractivity (Wildman–Crippen MR) is 77.7 cm³/mol. The first-order valence-electron chi connectivity index (χ1n) is 6.46. The minimum atomic E-state index is 0.769. The Labute approximate surface area is 117 Å². The SMILES string of the molecule is Cc1nnnn1-c1cccc(NCc2ccccc2)c1. The first-order valence-corrected chi connectivity index (χ1v) is 6.46. The molecule has 0 saturated carbocycles. The standard InChI is InChI=1S/C15H15N5/c1-12-17-18-19-20(12)15-9-5-8-14(10-15)16-11-13-6-3-2-4-7-13/h2-10,16H,11H2,1H3. The molecule has 20 heavy (non-hydrogen) atoms. The van der Waals surface area contributed by atoms with Gasteiger partial charge in [0.25, 0.3) is 0 Å². The van der Waals surface area contributed by atoms with Crippen LogP contribution in [0.2, 0.25) is 0 Å². The van der Waals surface area contributed by atoms with Gasteiger partial charge in [0.05, 0.1) is 5.69 Å². The van der Waals surface area contributed by atoms with Crippen molar-refractivity contribution in [2.24, 2.45) is 0 Å². The number of aryl methyl sites for hydroxylation is 1. The maximum absolute atomic E-state index is 3.97. The molecule has 3 rings (SSSR count). The van der Waals surface area contributed by atoms with E-state index < -0.39 is 0 Å². The molecule has 1 heterocycles. The first kappa shape index (κ1) is 12.3. The van der Waals surface area contributed by atoms with E-state index in [2.05, 4.69) is 33.0 Å². The van der Waals surface area contributed by atoms with E-state index in [1.54, 1.807) is 4.68 Å². The van der Waals surface area contributed by atoms with Gasteiger partial charge in [-0.3, -0.25) is 0 Å². The Morgan fingerprint density at radius 3 is 2.65 bits per heavy atom. The molecule has 0 aliphatic rings. The summed E-state index contributed by atoms with van der Waals surface area (Å²) in [6.07, 6.45) is 0. The number of hydrogen-bond donors (Lipinski definition) is 1. The number of anilines is 1. The lowest BCUT2D eigenvalue weighted by molar-refractivity contribution is 0.779. The van der Waals surface area contributed by atoms with Crippen LogP contribution in [0.25, 0.3) is 5.69 Å². The van der Waals surface area contributed by atoms with E-state index in [0.717, 1.165) is 23.7 Å². The second-order valence-electron chi connectivity index (χ2n) is 4.53. The van der Waals surface area contributed by atoms with Gasteiger partial charge in [-0.15, -0.1) is 5.10 Å². The molecular formula is C15H15N5. The van der Waals surface area contributed by atoms with Gasteiger partial charge in [-0.1, -0.05) is 36.4 Å². The van der Waals surface area contributed by atoms with Gasteiger partial charge in [0.1, 0.15) is 0 Å². The Bertz CT molecular complexity index is 690. The molecule has 0 amide bonds. The summed E-state index contributed by atoms with van der Waals surface area (Å²) in [6.45, 7) is 2.67. The molecule has 100 valence electrons. The highest BCUT2D eigenvalue weighted by Gasteiger charge is 2.03. The van der Waals surface area contributed by atoms with Crippen molar-refractivity contribution < 1.29 is 0 Å². The summed E-state index contributed by atoms with van der Waals surface area (Å²) in [5.74, 6) is 0.769. The lowest BCUT2D eigenvalue weighted by atomic mass is 10.2.